The second kappa shape index (κ2) is 5.50. The summed E-state index contributed by atoms with van der Waals surface area (Å²) in [6, 6.07) is 7.40. The molecule has 4 heteroatoms. The van der Waals surface area contributed by atoms with Crippen LogP contribution in [0.3, 0.4) is 0 Å². The molecule has 1 aromatic rings. The van der Waals surface area contributed by atoms with E-state index >= 15 is 0 Å². The highest BCUT2D eigenvalue weighted by atomic mass is 16.3. The fourth-order valence-corrected chi connectivity index (χ4v) is 2.32. The second-order valence-electron chi connectivity index (χ2n) is 5.08. The molecule has 1 saturated carbocycles. The predicted octanol–water partition coefficient (Wildman–Crippen LogP) is 0.988. The van der Waals surface area contributed by atoms with E-state index in [1.54, 1.807) is 4.90 Å². The molecule has 0 atom stereocenters. The second-order valence-corrected chi connectivity index (χ2v) is 5.08. The Bertz CT molecular complexity index is 410. The zero-order chi connectivity index (χ0) is 13.1. The Balaban J connectivity index is 1.92. The summed E-state index contributed by atoms with van der Waals surface area (Å²) in [5.74, 6) is 0.470. The molecule has 1 aliphatic carbocycles. The van der Waals surface area contributed by atoms with Crippen LogP contribution < -0.4 is 5.73 Å². The summed E-state index contributed by atoms with van der Waals surface area (Å²) in [6.07, 6.45) is 1.45. The van der Waals surface area contributed by atoms with Gasteiger partial charge in [-0.05, 0) is 36.5 Å². The van der Waals surface area contributed by atoms with Gasteiger partial charge in [-0.3, -0.25) is 4.79 Å². The molecule has 0 aromatic heterocycles. The molecule has 4 nitrogen and oxygen atoms in total. The number of amides is 1. The third-order valence-corrected chi connectivity index (χ3v) is 3.53. The average Bonchev–Trinajstić information content (AvgIpc) is 2.36. The Morgan fingerprint density at radius 1 is 1.39 bits per heavy atom. The molecule has 1 fully saturated rings. The molecule has 0 aliphatic heterocycles. The zero-order valence-electron chi connectivity index (χ0n) is 10.7. The number of rotatable bonds is 4. The van der Waals surface area contributed by atoms with Crippen LogP contribution in [0.5, 0.6) is 0 Å². The van der Waals surface area contributed by atoms with Crippen molar-refractivity contribution in [2.75, 3.05) is 13.6 Å². The summed E-state index contributed by atoms with van der Waals surface area (Å²) >= 11 is 0. The highest BCUT2D eigenvalue weighted by Crippen LogP contribution is 2.27. The first-order valence-corrected chi connectivity index (χ1v) is 6.32. The number of hydrogen-bond acceptors (Lipinski definition) is 3. The topological polar surface area (TPSA) is 66.6 Å². The van der Waals surface area contributed by atoms with Gasteiger partial charge in [-0.25, -0.2) is 0 Å². The van der Waals surface area contributed by atoms with Crippen LogP contribution in [-0.2, 0) is 6.54 Å². The molecule has 2 rings (SSSR count). The van der Waals surface area contributed by atoms with Crippen molar-refractivity contribution in [1.29, 1.82) is 0 Å². The minimum Gasteiger partial charge on any atom is -0.393 e. The summed E-state index contributed by atoms with van der Waals surface area (Å²) in [6.45, 7) is 1.21. The fraction of sp³-hybridized carbons (Fsp3) is 0.500. The number of carbonyl (C=O) groups is 1. The fourth-order valence-electron chi connectivity index (χ4n) is 2.32. The van der Waals surface area contributed by atoms with Crippen molar-refractivity contribution in [2.45, 2.75) is 25.5 Å². The number of aliphatic hydroxyl groups is 1. The molecule has 0 heterocycles. The summed E-state index contributed by atoms with van der Waals surface area (Å²) in [5, 5.41) is 9.23. The van der Waals surface area contributed by atoms with Crippen LogP contribution in [0.4, 0.5) is 0 Å². The lowest BCUT2D eigenvalue weighted by Gasteiger charge is -2.34. The number of nitrogens with zero attached hydrogens (tertiary/aromatic N) is 1. The largest absolute Gasteiger partial charge is 0.393 e. The molecule has 0 saturated heterocycles. The van der Waals surface area contributed by atoms with E-state index in [1.165, 1.54) is 0 Å². The van der Waals surface area contributed by atoms with Gasteiger partial charge in [0.05, 0.1) is 6.10 Å². The van der Waals surface area contributed by atoms with Crippen LogP contribution in [0.1, 0.15) is 28.8 Å². The van der Waals surface area contributed by atoms with Gasteiger partial charge in [0.2, 0.25) is 0 Å². The smallest absolute Gasteiger partial charge is 0.253 e. The van der Waals surface area contributed by atoms with Crippen LogP contribution in [0, 0.1) is 5.92 Å². The van der Waals surface area contributed by atoms with E-state index in [0.29, 0.717) is 24.6 Å². The van der Waals surface area contributed by atoms with E-state index in [-0.39, 0.29) is 12.0 Å². The van der Waals surface area contributed by atoms with Crippen molar-refractivity contribution >= 4 is 5.91 Å². The Labute approximate surface area is 107 Å². The van der Waals surface area contributed by atoms with E-state index in [4.69, 9.17) is 5.73 Å². The minimum absolute atomic E-state index is 0.0277. The van der Waals surface area contributed by atoms with Crippen LogP contribution in [0.15, 0.2) is 24.3 Å². The van der Waals surface area contributed by atoms with Gasteiger partial charge in [0, 0.05) is 25.7 Å². The van der Waals surface area contributed by atoms with Gasteiger partial charge >= 0.3 is 0 Å². The predicted molar refractivity (Wildman–Crippen MR) is 70.0 cm³/mol. The molecule has 0 radical (unpaired) electrons. The van der Waals surface area contributed by atoms with Gasteiger partial charge in [-0.2, -0.15) is 0 Å². The molecule has 1 aliphatic rings. The molecular formula is C14H20N2O2. The van der Waals surface area contributed by atoms with Gasteiger partial charge in [0.1, 0.15) is 0 Å². The molecule has 0 unspecified atom stereocenters. The van der Waals surface area contributed by atoms with E-state index in [1.807, 2.05) is 31.3 Å². The van der Waals surface area contributed by atoms with Crippen molar-refractivity contribution in [3.8, 4) is 0 Å². The molecule has 1 amide bonds. The molecule has 1 aromatic carbocycles. The maximum absolute atomic E-state index is 12.1. The lowest BCUT2D eigenvalue weighted by molar-refractivity contribution is 0.0265. The van der Waals surface area contributed by atoms with E-state index in [9.17, 15) is 9.90 Å². The summed E-state index contributed by atoms with van der Waals surface area (Å²) < 4.78 is 0. The van der Waals surface area contributed by atoms with Gasteiger partial charge in [0.15, 0.2) is 0 Å². The van der Waals surface area contributed by atoms with Crippen molar-refractivity contribution in [1.82, 2.24) is 4.90 Å². The molecule has 0 bridgehead atoms. The highest BCUT2D eigenvalue weighted by molar-refractivity contribution is 5.94. The van der Waals surface area contributed by atoms with Crippen molar-refractivity contribution in [3.63, 3.8) is 0 Å². The van der Waals surface area contributed by atoms with Gasteiger partial charge in [0.25, 0.3) is 5.91 Å². The van der Waals surface area contributed by atoms with Crippen LogP contribution in [-0.4, -0.2) is 35.6 Å². The lowest BCUT2D eigenvalue weighted by atomic mass is 9.82. The zero-order valence-corrected chi connectivity index (χ0v) is 10.7. The number of aliphatic hydroxyl groups excluding tert-OH is 1. The van der Waals surface area contributed by atoms with E-state index in [2.05, 4.69) is 0 Å². The first-order chi connectivity index (χ1) is 8.60. The first kappa shape index (κ1) is 13.1. The third kappa shape index (κ3) is 2.89. The maximum atomic E-state index is 12.1. The quantitative estimate of drug-likeness (QED) is 0.835. The van der Waals surface area contributed by atoms with Crippen LogP contribution in [0.2, 0.25) is 0 Å². The van der Waals surface area contributed by atoms with E-state index in [0.717, 1.165) is 18.4 Å². The number of nitrogens with two attached hydrogens (primary N) is 1. The van der Waals surface area contributed by atoms with Crippen molar-refractivity contribution in [2.24, 2.45) is 11.7 Å². The summed E-state index contributed by atoms with van der Waals surface area (Å²) in [7, 11) is 1.81. The lowest BCUT2D eigenvalue weighted by Crippen LogP contribution is -2.39. The van der Waals surface area contributed by atoms with Gasteiger partial charge in [-0.15, -0.1) is 0 Å². The average molecular weight is 248 g/mol. The van der Waals surface area contributed by atoms with Crippen LogP contribution in [0.25, 0.3) is 0 Å². The number of carbonyl (C=O) groups excluding carboxylic acids is 1. The molecule has 0 spiro atoms. The van der Waals surface area contributed by atoms with Crippen molar-refractivity contribution < 1.29 is 9.90 Å². The highest BCUT2D eigenvalue weighted by Gasteiger charge is 2.29. The normalized spacial score (nSPS) is 22.4. The SMILES string of the molecule is CN(CC1CC(O)C1)C(=O)c1ccc(CN)cc1. The molecule has 18 heavy (non-hydrogen) atoms. The third-order valence-electron chi connectivity index (χ3n) is 3.53. The monoisotopic (exact) mass is 248 g/mol. The molecule has 3 N–H and O–H groups in total. The summed E-state index contributed by atoms with van der Waals surface area (Å²) in [5.41, 5.74) is 7.24. The van der Waals surface area contributed by atoms with Gasteiger partial charge < -0.3 is 15.7 Å². The number of benzene rings is 1. The van der Waals surface area contributed by atoms with Crippen LogP contribution >= 0.6 is 0 Å². The van der Waals surface area contributed by atoms with Crippen molar-refractivity contribution in [3.05, 3.63) is 35.4 Å². The minimum atomic E-state index is -0.165. The first-order valence-electron chi connectivity index (χ1n) is 6.32. The van der Waals surface area contributed by atoms with Gasteiger partial charge in [-0.1, -0.05) is 12.1 Å². The molecular weight excluding hydrogens is 228 g/mol. The number of hydrogen-bond donors (Lipinski definition) is 2. The Morgan fingerprint density at radius 2 is 2.00 bits per heavy atom. The Hall–Kier alpha value is -1.39. The Kier molecular flexibility index (Phi) is 3.99. The maximum Gasteiger partial charge on any atom is 0.253 e. The molecule has 98 valence electrons. The standard InChI is InChI=1S/C14H20N2O2/c1-16(9-11-6-13(17)7-11)14(18)12-4-2-10(8-15)3-5-12/h2-5,11,13,17H,6-9,15H2,1H3. The van der Waals surface area contributed by atoms with E-state index < -0.39 is 0 Å². The Morgan fingerprint density at radius 3 is 2.50 bits per heavy atom. The summed E-state index contributed by atoms with van der Waals surface area (Å²) in [4.78, 5) is 13.9.